The molecule has 0 atom stereocenters. The first kappa shape index (κ1) is 13.0. The third-order valence-corrected chi connectivity index (χ3v) is 2.14. The zero-order chi connectivity index (χ0) is 12.8. The lowest BCUT2D eigenvalue weighted by Crippen LogP contribution is -2.39. The summed E-state index contributed by atoms with van der Waals surface area (Å²) in [6.07, 6.45) is 0. The smallest absolute Gasteiger partial charge is 0.315 e. The lowest BCUT2D eigenvalue weighted by molar-refractivity contribution is 0.238. The van der Waals surface area contributed by atoms with Gasteiger partial charge in [-0.25, -0.2) is 4.79 Å². The Morgan fingerprint density at radius 2 is 1.94 bits per heavy atom. The van der Waals surface area contributed by atoms with Gasteiger partial charge >= 0.3 is 6.03 Å². The molecule has 0 radical (unpaired) electrons. The van der Waals surface area contributed by atoms with E-state index in [9.17, 15) is 4.79 Å². The van der Waals surface area contributed by atoms with E-state index in [1.807, 2.05) is 26.0 Å². The lowest BCUT2D eigenvalue weighted by atomic mass is 10.1. The average Bonchev–Trinajstić information content (AvgIpc) is 2.26. The standard InChI is InChI=1S/C12H18N4O/c1-8(2)16-12(17)15-7-9-3-5-10(6-4-9)11(13)14/h3-6,8H,7H2,1-2H3,(H3,13,14)(H2,15,16,17). The minimum absolute atomic E-state index is 0.0436. The minimum Gasteiger partial charge on any atom is -0.384 e. The number of rotatable bonds is 4. The molecule has 1 aromatic rings. The predicted molar refractivity (Wildman–Crippen MR) is 68.0 cm³/mol. The summed E-state index contributed by atoms with van der Waals surface area (Å²) in [7, 11) is 0. The maximum Gasteiger partial charge on any atom is 0.315 e. The highest BCUT2D eigenvalue weighted by Gasteiger charge is 2.02. The molecule has 0 saturated heterocycles. The zero-order valence-electron chi connectivity index (χ0n) is 10.1. The molecule has 0 aliphatic carbocycles. The van der Waals surface area contributed by atoms with Crippen molar-refractivity contribution in [1.82, 2.24) is 10.6 Å². The largest absolute Gasteiger partial charge is 0.384 e. The number of nitrogens with one attached hydrogen (secondary N) is 3. The SMILES string of the molecule is CC(C)NC(=O)NCc1ccc(C(=N)N)cc1. The van der Waals surface area contributed by atoms with Crippen LogP contribution < -0.4 is 16.4 Å². The molecule has 5 nitrogen and oxygen atoms in total. The van der Waals surface area contributed by atoms with Crippen LogP contribution >= 0.6 is 0 Å². The van der Waals surface area contributed by atoms with Crippen molar-refractivity contribution in [2.45, 2.75) is 26.4 Å². The average molecular weight is 234 g/mol. The van der Waals surface area contributed by atoms with Gasteiger partial charge in [-0.2, -0.15) is 0 Å². The Bertz CT molecular complexity index is 397. The van der Waals surface area contributed by atoms with E-state index in [1.165, 1.54) is 0 Å². The number of hydrogen-bond acceptors (Lipinski definition) is 2. The van der Waals surface area contributed by atoms with E-state index in [4.69, 9.17) is 11.1 Å². The van der Waals surface area contributed by atoms with Crippen molar-refractivity contribution in [3.05, 3.63) is 35.4 Å². The van der Waals surface area contributed by atoms with Crippen LogP contribution in [0.5, 0.6) is 0 Å². The highest BCUT2D eigenvalue weighted by molar-refractivity contribution is 5.94. The quantitative estimate of drug-likeness (QED) is 0.465. The third kappa shape index (κ3) is 4.55. The summed E-state index contributed by atoms with van der Waals surface area (Å²) in [6.45, 7) is 4.26. The van der Waals surface area contributed by atoms with E-state index < -0.39 is 0 Å². The molecule has 0 saturated carbocycles. The summed E-state index contributed by atoms with van der Waals surface area (Å²) in [5.74, 6) is 0.0436. The fourth-order valence-electron chi connectivity index (χ4n) is 1.30. The number of carbonyl (C=O) groups is 1. The first-order valence-electron chi connectivity index (χ1n) is 5.46. The molecule has 0 bridgehead atoms. The van der Waals surface area contributed by atoms with Gasteiger partial charge in [0.25, 0.3) is 0 Å². The van der Waals surface area contributed by atoms with E-state index in [0.717, 1.165) is 5.56 Å². The molecule has 5 heteroatoms. The van der Waals surface area contributed by atoms with Crippen molar-refractivity contribution in [3.8, 4) is 0 Å². The van der Waals surface area contributed by atoms with Crippen molar-refractivity contribution in [1.29, 1.82) is 5.41 Å². The number of nitrogen functional groups attached to an aromatic ring is 1. The first-order chi connectivity index (χ1) is 7.99. The van der Waals surface area contributed by atoms with E-state index in [0.29, 0.717) is 12.1 Å². The molecule has 0 unspecified atom stereocenters. The molecule has 5 N–H and O–H groups in total. The van der Waals surface area contributed by atoms with Crippen LogP contribution in [0.25, 0.3) is 0 Å². The summed E-state index contributed by atoms with van der Waals surface area (Å²) >= 11 is 0. The van der Waals surface area contributed by atoms with Gasteiger partial charge < -0.3 is 16.4 Å². The van der Waals surface area contributed by atoms with Gasteiger partial charge in [0.05, 0.1) is 0 Å². The molecule has 92 valence electrons. The maximum atomic E-state index is 11.3. The van der Waals surface area contributed by atoms with Crippen molar-refractivity contribution in [3.63, 3.8) is 0 Å². The molecule has 1 aromatic carbocycles. The van der Waals surface area contributed by atoms with E-state index in [1.54, 1.807) is 12.1 Å². The van der Waals surface area contributed by atoms with Gasteiger partial charge in [0.2, 0.25) is 0 Å². The summed E-state index contributed by atoms with van der Waals surface area (Å²) in [5.41, 5.74) is 6.99. The highest BCUT2D eigenvalue weighted by atomic mass is 16.2. The van der Waals surface area contributed by atoms with Gasteiger partial charge in [0.1, 0.15) is 5.84 Å². The van der Waals surface area contributed by atoms with Gasteiger partial charge in [0.15, 0.2) is 0 Å². The summed E-state index contributed by atoms with van der Waals surface area (Å²) in [5, 5.41) is 12.7. The molecule has 0 heterocycles. The number of urea groups is 1. The van der Waals surface area contributed by atoms with E-state index >= 15 is 0 Å². The minimum atomic E-state index is -0.185. The van der Waals surface area contributed by atoms with E-state index in [-0.39, 0.29) is 17.9 Å². The normalized spacial score (nSPS) is 10.1. The van der Waals surface area contributed by atoms with Gasteiger partial charge in [-0.3, -0.25) is 5.41 Å². The Morgan fingerprint density at radius 1 is 1.35 bits per heavy atom. The molecular weight excluding hydrogens is 216 g/mol. The molecule has 0 aliphatic heterocycles. The van der Waals surface area contributed by atoms with Crippen LogP contribution in [0.2, 0.25) is 0 Å². The Hall–Kier alpha value is -2.04. The van der Waals surface area contributed by atoms with Gasteiger partial charge in [-0.15, -0.1) is 0 Å². The molecule has 17 heavy (non-hydrogen) atoms. The number of amides is 2. The summed E-state index contributed by atoms with van der Waals surface area (Å²) in [4.78, 5) is 11.3. The zero-order valence-corrected chi connectivity index (χ0v) is 10.1. The van der Waals surface area contributed by atoms with Crippen LogP contribution in [-0.2, 0) is 6.54 Å². The summed E-state index contributed by atoms with van der Waals surface area (Å²) in [6, 6.07) is 7.14. The molecule has 0 aromatic heterocycles. The van der Waals surface area contributed by atoms with Crippen LogP contribution in [0.1, 0.15) is 25.0 Å². The monoisotopic (exact) mass is 234 g/mol. The van der Waals surface area contributed by atoms with Crippen molar-refractivity contribution < 1.29 is 4.79 Å². The molecule has 0 aliphatic rings. The van der Waals surface area contributed by atoms with Crippen LogP contribution in [0.4, 0.5) is 4.79 Å². The Labute approximate surface area is 101 Å². The molecule has 0 spiro atoms. The van der Waals surface area contributed by atoms with Crippen LogP contribution in [-0.4, -0.2) is 17.9 Å². The fourth-order valence-corrected chi connectivity index (χ4v) is 1.30. The molecule has 1 rings (SSSR count). The van der Waals surface area contributed by atoms with Crippen molar-refractivity contribution >= 4 is 11.9 Å². The second kappa shape index (κ2) is 5.89. The number of amidine groups is 1. The lowest BCUT2D eigenvalue weighted by Gasteiger charge is -2.10. The second-order valence-electron chi connectivity index (χ2n) is 4.09. The predicted octanol–water partition coefficient (Wildman–Crippen LogP) is 1.18. The van der Waals surface area contributed by atoms with E-state index in [2.05, 4.69) is 10.6 Å². The van der Waals surface area contributed by atoms with Gasteiger partial charge in [-0.1, -0.05) is 24.3 Å². The highest BCUT2D eigenvalue weighted by Crippen LogP contribution is 2.03. The third-order valence-electron chi connectivity index (χ3n) is 2.14. The number of benzene rings is 1. The topological polar surface area (TPSA) is 91.0 Å². The Kier molecular flexibility index (Phi) is 4.51. The number of hydrogen-bond donors (Lipinski definition) is 4. The van der Waals surface area contributed by atoms with Crippen LogP contribution in [0.15, 0.2) is 24.3 Å². The van der Waals surface area contributed by atoms with Gasteiger partial charge in [0, 0.05) is 18.2 Å². The Balaban J connectivity index is 2.47. The van der Waals surface area contributed by atoms with Gasteiger partial charge in [-0.05, 0) is 19.4 Å². The number of nitrogens with two attached hydrogens (primary N) is 1. The van der Waals surface area contributed by atoms with Crippen LogP contribution in [0.3, 0.4) is 0 Å². The first-order valence-corrected chi connectivity index (χ1v) is 5.46. The second-order valence-corrected chi connectivity index (χ2v) is 4.09. The Morgan fingerprint density at radius 3 is 2.41 bits per heavy atom. The number of carbonyl (C=O) groups excluding carboxylic acids is 1. The maximum absolute atomic E-state index is 11.3. The molecular formula is C12H18N4O. The summed E-state index contributed by atoms with van der Waals surface area (Å²) < 4.78 is 0. The van der Waals surface area contributed by atoms with Crippen molar-refractivity contribution in [2.24, 2.45) is 5.73 Å². The van der Waals surface area contributed by atoms with Crippen molar-refractivity contribution in [2.75, 3.05) is 0 Å². The molecule has 0 fully saturated rings. The molecule has 2 amide bonds. The fraction of sp³-hybridized carbons (Fsp3) is 0.333. The van der Waals surface area contributed by atoms with Crippen LogP contribution in [0, 0.1) is 5.41 Å².